The van der Waals surface area contributed by atoms with E-state index >= 15 is 0 Å². The van der Waals surface area contributed by atoms with E-state index in [0.717, 1.165) is 15.3 Å². The van der Waals surface area contributed by atoms with Crippen molar-refractivity contribution in [3.63, 3.8) is 0 Å². The van der Waals surface area contributed by atoms with Gasteiger partial charge in [-0.05, 0) is 19.4 Å². The van der Waals surface area contributed by atoms with Crippen molar-refractivity contribution in [2.75, 3.05) is 5.75 Å². The molecular formula is C11H11N3OS2. The normalized spacial score (nSPS) is 10.6. The lowest BCUT2D eigenvalue weighted by atomic mass is 10.2. The molecule has 0 aliphatic heterocycles. The Labute approximate surface area is 107 Å². The van der Waals surface area contributed by atoms with Crippen molar-refractivity contribution >= 4 is 33.3 Å². The third-order valence-electron chi connectivity index (χ3n) is 2.47. The molecule has 2 rings (SSSR count). The predicted octanol–water partition coefficient (Wildman–Crippen LogP) is 2.61. The van der Waals surface area contributed by atoms with E-state index in [9.17, 15) is 4.79 Å². The number of hydrogen-bond acceptors (Lipinski definition) is 5. The smallest absolute Gasteiger partial charge is 0.260 e. The van der Waals surface area contributed by atoms with Gasteiger partial charge in [-0.15, -0.1) is 11.3 Å². The molecule has 2 aromatic rings. The van der Waals surface area contributed by atoms with Crippen molar-refractivity contribution in [1.29, 1.82) is 5.26 Å². The van der Waals surface area contributed by atoms with Gasteiger partial charge in [0.1, 0.15) is 4.83 Å². The highest BCUT2D eigenvalue weighted by molar-refractivity contribution is 7.99. The maximum absolute atomic E-state index is 11.9. The van der Waals surface area contributed by atoms with Crippen molar-refractivity contribution in [2.24, 2.45) is 0 Å². The van der Waals surface area contributed by atoms with Crippen LogP contribution in [-0.2, 0) is 0 Å². The van der Waals surface area contributed by atoms with Crippen molar-refractivity contribution in [2.45, 2.75) is 25.4 Å². The van der Waals surface area contributed by atoms with Crippen molar-refractivity contribution in [3.8, 4) is 6.07 Å². The molecular weight excluding hydrogens is 254 g/mol. The first-order chi connectivity index (χ1) is 8.13. The van der Waals surface area contributed by atoms with Crippen LogP contribution in [0.5, 0.6) is 0 Å². The summed E-state index contributed by atoms with van der Waals surface area (Å²) in [6.07, 6.45) is 0.453. The van der Waals surface area contributed by atoms with Crippen molar-refractivity contribution in [3.05, 3.63) is 20.8 Å². The van der Waals surface area contributed by atoms with Crippen LogP contribution in [0.1, 0.15) is 16.9 Å². The maximum atomic E-state index is 11.9. The van der Waals surface area contributed by atoms with Gasteiger partial charge in [-0.25, -0.2) is 4.98 Å². The molecule has 1 N–H and O–H groups in total. The van der Waals surface area contributed by atoms with E-state index in [1.807, 2.05) is 13.8 Å². The quantitative estimate of drug-likeness (QED) is 0.526. The molecule has 0 saturated carbocycles. The molecule has 0 unspecified atom stereocenters. The second-order valence-corrected chi connectivity index (χ2v) is 5.88. The topological polar surface area (TPSA) is 69.5 Å². The lowest BCUT2D eigenvalue weighted by Crippen LogP contribution is -2.08. The second-order valence-electron chi connectivity index (χ2n) is 3.59. The molecule has 0 bridgehead atoms. The summed E-state index contributed by atoms with van der Waals surface area (Å²) in [5, 5.41) is 9.74. The van der Waals surface area contributed by atoms with E-state index in [1.54, 1.807) is 0 Å². The highest BCUT2D eigenvalue weighted by Gasteiger charge is 2.11. The molecule has 0 aliphatic rings. The number of nitriles is 1. The fourth-order valence-corrected chi connectivity index (χ4v) is 3.29. The molecule has 17 heavy (non-hydrogen) atoms. The summed E-state index contributed by atoms with van der Waals surface area (Å²) in [6.45, 7) is 3.93. The SMILES string of the molecule is Cc1sc2nc(SCCC#N)[nH]c(=O)c2c1C. The van der Waals surface area contributed by atoms with Gasteiger partial charge in [-0.2, -0.15) is 5.26 Å². The molecule has 2 aromatic heterocycles. The van der Waals surface area contributed by atoms with Gasteiger partial charge in [-0.1, -0.05) is 11.8 Å². The Balaban J connectivity index is 2.43. The van der Waals surface area contributed by atoms with Gasteiger partial charge in [0, 0.05) is 17.1 Å². The largest absolute Gasteiger partial charge is 0.301 e. The summed E-state index contributed by atoms with van der Waals surface area (Å²) in [5.41, 5.74) is 0.920. The zero-order chi connectivity index (χ0) is 12.4. The highest BCUT2D eigenvalue weighted by atomic mass is 32.2. The van der Waals surface area contributed by atoms with E-state index in [1.165, 1.54) is 23.1 Å². The number of aryl methyl sites for hydroxylation is 2. The molecule has 2 heterocycles. The number of thiophene rings is 1. The van der Waals surface area contributed by atoms with Gasteiger partial charge in [0.05, 0.1) is 11.5 Å². The first kappa shape index (κ1) is 12.1. The first-order valence-electron chi connectivity index (χ1n) is 5.13. The highest BCUT2D eigenvalue weighted by Crippen LogP contribution is 2.27. The second kappa shape index (κ2) is 4.90. The van der Waals surface area contributed by atoms with E-state index in [0.29, 0.717) is 22.7 Å². The Bertz CT molecular complexity index is 651. The summed E-state index contributed by atoms with van der Waals surface area (Å²) in [7, 11) is 0. The van der Waals surface area contributed by atoms with Gasteiger partial charge in [-0.3, -0.25) is 4.79 Å². The van der Waals surface area contributed by atoms with Gasteiger partial charge in [0.2, 0.25) is 0 Å². The molecule has 4 nitrogen and oxygen atoms in total. The van der Waals surface area contributed by atoms with Crippen LogP contribution in [0, 0.1) is 25.2 Å². The van der Waals surface area contributed by atoms with Crippen LogP contribution in [0.15, 0.2) is 9.95 Å². The van der Waals surface area contributed by atoms with Gasteiger partial charge in [0.25, 0.3) is 5.56 Å². The molecule has 0 radical (unpaired) electrons. The van der Waals surface area contributed by atoms with Gasteiger partial charge < -0.3 is 4.98 Å². The average molecular weight is 265 g/mol. The third kappa shape index (κ3) is 2.35. The van der Waals surface area contributed by atoms with E-state index in [-0.39, 0.29) is 5.56 Å². The van der Waals surface area contributed by atoms with Crippen LogP contribution < -0.4 is 5.56 Å². The van der Waals surface area contributed by atoms with Crippen LogP contribution in [0.3, 0.4) is 0 Å². The Hall–Kier alpha value is -1.32. The minimum atomic E-state index is -0.0868. The molecule has 88 valence electrons. The molecule has 6 heteroatoms. The number of thioether (sulfide) groups is 1. The average Bonchev–Trinajstić information content (AvgIpc) is 2.55. The van der Waals surface area contributed by atoms with Crippen LogP contribution in [0.2, 0.25) is 0 Å². The molecule has 0 saturated heterocycles. The summed E-state index contributed by atoms with van der Waals surface area (Å²) < 4.78 is 0. The number of fused-ring (bicyclic) bond motifs is 1. The molecule has 0 amide bonds. The fourth-order valence-electron chi connectivity index (χ4n) is 1.50. The number of hydrogen-bond donors (Lipinski definition) is 1. The molecule has 0 aromatic carbocycles. The van der Waals surface area contributed by atoms with Crippen molar-refractivity contribution < 1.29 is 0 Å². The summed E-state index contributed by atoms with van der Waals surface area (Å²) in [4.78, 5) is 21.0. The lowest BCUT2D eigenvalue weighted by molar-refractivity contribution is 0.977. The summed E-state index contributed by atoms with van der Waals surface area (Å²) in [5.74, 6) is 0.647. The fraction of sp³-hybridized carbons (Fsp3) is 0.364. The summed E-state index contributed by atoms with van der Waals surface area (Å²) >= 11 is 2.94. The number of nitrogens with one attached hydrogen (secondary N) is 1. The standard InChI is InChI=1S/C11H11N3OS2/c1-6-7(2)17-10-8(6)9(15)13-11(14-10)16-5-3-4-12/h3,5H2,1-2H3,(H,13,14,15). The maximum Gasteiger partial charge on any atom is 0.260 e. The zero-order valence-electron chi connectivity index (χ0n) is 9.53. The van der Waals surface area contributed by atoms with Crippen LogP contribution >= 0.6 is 23.1 Å². The number of H-pyrrole nitrogens is 1. The minimum absolute atomic E-state index is 0.0868. The van der Waals surface area contributed by atoms with E-state index in [4.69, 9.17) is 5.26 Å². The molecule has 0 spiro atoms. The molecule has 0 aliphatic carbocycles. The lowest BCUT2D eigenvalue weighted by Gasteiger charge is -1.98. The minimum Gasteiger partial charge on any atom is -0.301 e. The van der Waals surface area contributed by atoms with Crippen LogP contribution in [0.4, 0.5) is 0 Å². The van der Waals surface area contributed by atoms with Crippen LogP contribution in [0.25, 0.3) is 10.2 Å². The Morgan fingerprint density at radius 2 is 2.29 bits per heavy atom. The first-order valence-corrected chi connectivity index (χ1v) is 6.93. The Kier molecular flexibility index (Phi) is 3.50. The number of nitrogens with zero attached hydrogens (tertiary/aromatic N) is 2. The van der Waals surface area contributed by atoms with Gasteiger partial charge in [0.15, 0.2) is 5.16 Å². The number of rotatable bonds is 3. The monoisotopic (exact) mass is 265 g/mol. The van der Waals surface area contributed by atoms with Crippen molar-refractivity contribution in [1.82, 2.24) is 9.97 Å². The predicted molar refractivity (Wildman–Crippen MR) is 70.7 cm³/mol. The summed E-state index contributed by atoms with van der Waals surface area (Å²) in [6, 6.07) is 2.06. The Morgan fingerprint density at radius 3 is 3.00 bits per heavy atom. The Morgan fingerprint density at radius 1 is 1.53 bits per heavy atom. The van der Waals surface area contributed by atoms with E-state index < -0.39 is 0 Å². The number of aromatic nitrogens is 2. The third-order valence-corrected chi connectivity index (χ3v) is 4.45. The molecule has 0 atom stereocenters. The number of aromatic amines is 1. The van der Waals surface area contributed by atoms with Gasteiger partial charge >= 0.3 is 0 Å². The zero-order valence-corrected chi connectivity index (χ0v) is 11.2. The van der Waals surface area contributed by atoms with E-state index in [2.05, 4.69) is 16.0 Å². The molecule has 0 fully saturated rings. The van der Waals surface area contributed by atoms with Crippen LogP contribution in [-0.4, -0.2) is 15.7 Å².